The average Bonchev–Trinajstić information content (AvgIpc) is 3.26. The molecule has 4 aliphatic carbocycles. The van der Waals surface area contributed by atoms with Gasteiger partial charge < -0.3 is 14.2 Å². The van der Waals surface area contributed by atoms with Crippen LogP contribution in [0.3, 0.4) is 0 Å². The third kappa shape index (κ3) is 3.90. The molecule has 0 aromatic heterocycles. The van der Waals surface area contributed by atoms with Crippen LogP contribution in [-0.2, 0) is 14.2 Å². The summed E-state index contributed by atoms with van der Waals surface area (Å²) in [5, 5.41) is 0.659. The normalized spacial score (nSPS) is 55.1. The van der Waals surface area contributed by atoms with Gasteiger partial charge in [0.05, 0.1) is 19.3 Å². The van der Waals surface area contributed by atoms with Gasteiger partial charge in [-0.3, -0.25) is 0 Å². The molecule has 1 unspecified atom stereocenters. The van der Waals surface area contributed by atoms with Gasteiger partial charge in [-0.05, 0) is 123 Å². The minimum absolute atomic E-state index is 0.283. The number of ether oxygens (including phenoxy) is 3. The second-order valence-electron chi connectivity index (χ2n) is 13.9. The summed E-state index contributed by atoms with van der Waals surface area (Å²) in [7, 11) is 0. The van der Waals surface area contributed by atoms with E-state index in [9.17, 15) is 0 Å². The van der Waals surface area contributed by atoms with E-state index in [1.54, 1.807) is 0 Å². The minimum atomic E-state index is -0.283. The number of fused-ring (bicyclic) bond motifs is 7. The molecule has 4 saturated carbocycles. The predicted octanol–water partition coefficient (Wildman–Crippen LogP) is 7.86. The number of thioether (sulfide) groups is 1. The van der Waals surface area contributed by atoms with Crippen molar-refractivity contribution in [3.05, 3.63) is 0 Å². The van der Waals surface area contributed by atoms with Gasteiger partial charge in [0.1, 0.15) is 0 Å². The zero-order chi connectivity index (χ0) is 24.6. The second-order valence-corrected chi connectivity index (χ2v) is 15.8. The van der Waals surface area contributed by atoms with E-state index >= 15 is 0 Å². The number of hydrogen-bond donors (Lipinski definition) is 0. The summed E-state index contributed by atoms with van der Waals surface area (Å²) in [6.45, 7) is 13.8. The molecular weight excluding hydrogens is 472 g/mol. The fourth-order valence-electron chi connectivity index (χ4n) is 10.6. The van der Waals surface area contributed by atoms with E-state index in [0.29, 0.717) is 46.5 Å². The summed E-state index contributed by atoms with van der Waals surface area (Å²) in [5.74, 6) is 5.10. The van der Waals surface area contributed by atoms with E-state index in [0.717, 1.165) is 41.1 Å². The SMILES string of the molecule is CCOC(=S)S[C@@H]1CC[C@@]2(C)[C@@H](CC[C@@H]3[C@@H]2CC[C@]2(C)[C@@H]4[C@H](C[C@@H]32)OC2(CC[C@@H](C)CO2)[C@H]4C)C1. The quantitative estimate of drug-likeness (QED) is 0.346. The van der Waals surface area contributed by atoms with Gasteiger partial charge in [-0.1, -0.05) is 39.5 Å². The van der Waals surface area contributed by atoms with E-state index < -0.39 is 0 Å². The highest BCUT2D eigenvalue weighted by Crippen LogP contribution is 2.71. The summed E-state index contributed by atoms with van der Waals surface area (Å²) in [4.78, 5) is 0. The van der Waals surface area contributed by atoms with Crippen LogP contribution in [-0.4, -0.2) is 34.7 Å². The van der Waals surface area contributed by atoms with Gasteiger partial charge in [-0.25, -0.2) is 0 Å². The lowest BCUT2D eigenvalue weighted by Crippen LogP contribution is -2.55. The lowest BCUT2D eigenvalue weighted by atomic mass is 9.44. The molecule has 0 bridgehead atoms. The Hall–Kier alpha value is 0.160. The maximum Gasteiger partial charge on any atom is 0.220 e. The number of rotatable bonds is 2. The molecule has 0 radical (unpaired) electrons. The molecule has 198 valence electrons. The van der Waals surface area contributed by atoms with Crippen molar-refractivity contribution in [3.63, 3.8) is 0 Å². The Labute approximate surface area is 223 Å². The first-order chi connectivity index (χ1) is 16.7. The van der Waals surface area contributed by atoms with Gasteiger partial charge in [0.2, 0.25) is 4.38 Å². The van der Waals surface area contributed by atoms with Crippen LogP contribution in [0.2, 0.25) is 0 Å². The van der Waals surface area contributed by atoms with Gasteiger partial charge >= 0.3 is 0 Å². The summed E-state index contributed by atoms with van der Waals surface area (Å²) >= 11 is 7.33. The van der Waals surface area contributed by atoms with Crippen LogP contribution in [0, 0.1) is 52.3 Å². The van der Waals surface area contributed by atoms with Crippen molar-refractivity contribution in [2.45, 2.75) is 116 Å². The Morgan fingerprint density at radius 1 is 0.971 bits per heavy atom. The molecule has 35 heavy (non-hydrogen) atoms. The Morgan fingerprint density at radius 3 is 2.51 bits per heavy atom. The molecule has 6 rings (SSSR count). The fraction of sp³-hybridized carbons (Fsp3) is 0.967. The summed E-state index contributed by atoms with van der Waals surface area (Å²) < 4.78 is 19.9. The Balaban J connectivity index is 1.17. The topological polar surface area (TPSA) is 27.7 Å². The maximum absolute atomic E-state index is 6.96. The van der Waals surface area contributed by atoms with Crippen molar-refractivity contribution in [2.24, 2.45) is 52.3 Å². The van der Waals surface area contributed by atoms with Crippen LogP contribution in [0.1, 0.15) is 98.8 Å². The van der Waals surface area contributed by atoms with Crippen molar-refractivity contribution < 1.29 is 14.2 Å². The van der Waals surface area contributed by atoms with Gasteiger partial charge in [0, 0.05) is 17.6 Å². The highest BCUT2D eigenvalue weighted by molar-refractivity contribution is 8.23. The Bertz CT molecular complexity index is 824. The maximum atomic E-state index is 6.96. The van der Waals surface area contributed by atoms with Gasteiger partial charge in [-0.15, -0.1) is 0 Å². The van der Waals surface area contributed by atoms with Crippen molar-refractivity contribution in [1.82, 2.24) is 0 Å². The number of hydrogen-bond acceptors (Lipinski definition) is 5. The summed E-state index contributed by atoms with van der Waals surface area (Å²) in [6, 6.07) is 0. The molecule has 0 N–H and O–H groups in total. The summed E-state index contributed by atoms with van der Waals surface area (Å²) in [5.41, 5.74) is 0.948. The lowest BCUT2D eigenvalue weighted by molar-refractivity contribution is -0.273. The van der Waals surface area contributed by atoms with Crippen LogP contribution in [0.15, 0.2) is 0 Å². The van der Waals surface area contributed by atoms with E-state index in [1.807, 2.05) is 18.7 Å². The lowest BCUT2D eigenvalue weighted by Gasteiger charge is -2.61. The van der Waals surface area contributed by atoms with Gasteiger partial charge in [0.15, 0.2) is 5.79 Å². The Morgan fingerprint density at radius 2 is 1.77 bits per heavy atom. The fourth-order valence-corrected chi connectivity index (χ4v) is 12.2. The zero-order valence-corrected chi connectivity index (χ0v) is 24.4. The molecule has 3 nitrogen and oxygen atoms in total. The number of thiocarbonyl (C=S) groups is 1. The molecule has 2 saturated heterocycles. The van der Waals surface area contributed by atoms with Crippen LogP contribution < -0.4 is 0 Å². The first kappa shape index (κ1) is 25.4. The Kier molecular flexibility index (Phi) is 6.63. The van der Waals surface area contributed by atoms with Gasteiger partial charge in [0.25, 0.3) is 0 Å². The molecule has 2 heterocycles. The van der Waals surface area contributed by atoms with Crippen molar-refractivity contribution in [1.29, 1.82) is 0 Å². The van der Waals surface area contributed by atoms with Crippen LogP contribution in [0.25, 0.3) is 0 Å². The van der Waals surface area contributed by atoms with E-state index in [1.165, 1.54) is 57.8 Å². The van der Waals surface area contributed by atoms with E-state index in [-0.39, 0.29) is 5.79 Å². The minimum Gasteiger partial charge on any atom is -0.479 e. The van der Waals surface area contributed by atoms with Crippen molar-refractivity contribution in [2.75, 3.05) is 13.2 Å². The zero-order valence-electron chi connectivity index (χ0n) is 22.7. The smallest absolute Gasteiger partial charge is 0.220 e. The van der Waals surface area contributed by atoms with E-state index in [4.69, 9.17) is 26.4 Å². The molecule has 0 aromatic rings. The van der Waals surface area contributed by atoms with Crippen LogP contribution >= 0.6 is 24.0 Å². The highest BCUT2D eigenvalue weighted by atomic mass is 32.2. The predicted molar refractivity (Wildman–Crippen MR) is 147 cm³/mol. The first-order valence-corrected chi connectivity index (χ1v) is 16.1. The van der Waals surface area contributed by atoms with E-state index in [2.05, 4.69) is 27.7 Å². The first-order valence-electron chi connectivity index (χ1n) is 14.9. The molecule has 2 aliphatic heterocycles. The monoisotopic (exact) mass is 520 g/mol. The second kappa shape index (κ2) is 9.12. The standard InChI is InChI=1S/C30H48O3S2/c1-6-31-27(34)35-21-10-12-28(4)20(15-21)7-8-22-23(28)11-13-29(5)24(22)16-25-26(29)19(3)30(33-25)14-9-18(2)17-32-30/h18-26H,6-17H2,1-5H3/t18-,19+,20+,21-,22-,23+,24+,25+,26+,28+,29+,30?/m1/s1. The summed E-state index contributed by atoms with van der Waals surface area (Å²) in [6.07, 6.45) is 13.8. The molecular formula is C30H48O3S2. The van der Waals surface area contributed by atoms with Gasteiger partial charge in [-0.2, -0.15) is 0 Å². The third-order valence-electron chi connectivity index (χ3n) is 12.4. The van der Waals surface area contributed by atoms with Crippen molar-refractivity contribution in [3.8, 4) is 0 Å². The molecule has 5 heteroatoms. The molecule has 12 atom stereocenters. The molecule has 1 spiro atoms. The highest BCUT2D eigenvalue weighted by Gasteiger charge is 2.69. The third-order valence-corrected chi connectivity index (χ3v) is 13.9. The van der Waals surface area contributed by atoms with Crippen molar-refractivity contribution >= 4 is 28.4 Å². The average molecular weight is 521 g/mol. The van der Waals surface area contributed by atoms with Crippen LogP contribution in [0.4, 0.5) is 0 Å². The molecule has 0 amide bonds. The molecule has 6 fully saturated rings. The molecule has 0 aromatic carbocycles. The molecule has 6 aliphatic rings. The van der Waals surface area contributed by atoms with Crippen LogP contribution in [0.5, 0.6) is 0 Å². The largest absolute Gasteiger partial charge is 0.479 e.